The van der Waals surface area contributed by atoms with Gasteiger partial charge in [0, 0.05) is 39.0 Å². The van der Waals surface area contributed by atoms with Gasteiger partial charge in [-0.3, -0.25) is 10.3 Å². The van der Waals surface area contributed by atoms with E-state index in [2.05, 4.69) is 160 Å². The first-order chi connectivity index (χ1) is 26.7. The van der Waals surface area contributed by atoms with E-state index in [1.807, 2.05) is 24.4 Å². The molecule has 10 rings (SSSR count). The molecule has 0 spiro atoms. The van der Waals surface area contributed by atoms with Gasteiger partial charge in [-0.25, -0.2) is 0 Å². The molecule has 2 heterocycles. The molecule has 0 fully saturated rings. The number of rotatable bonds is 8. The summed E-state index contributed by atoms with van der Waals surface area (Å²) in [6.07, 6.45) is 16.4. The summed E-state index contributed by atoms with van der Waals surface area (Å²) in [4.78, 5) is 5.05. The van der Waals surface area contributed by atoms with Gasteiger partial charge in [0.05, 0.1) is 33.9 Å². The number of nitrogens with one attached hydrogen (secondary N) is 1. The maximum Gasteiger partial charge on any atom is 0.123 e. The van der Waals surface area contributed by atoms with E-state index in [4.69, 9.17) is 10.7 Å². The van der Waals surface area contributed by atoms with E-state index in [9.17, 15) is 0 Å². The van der Waals surface area contributed by atoms with E-state index < -0.39 is 6.17 Å². The molecule has 0 bridgehead atoms. The number of nitrogens with zero attached hydrogens (tertiary/aromatic N) is 3. The van der Waals surface area contributed by atoms with Crippen LogP contribution in [-0.2, 0) is 6.42 Å². The second-order valence-electron chi connectivity index (χ2n) is 14.4. The van der Waals surface area contributed by atoms with Crippen molar-refractivity contribution in [2.24, 2.45) is 10.7 Å². The lowest BCUT2D eigenvalue weighted by molar-refractivity contribution is 0.481. The minimum atomic E-state index is -0.400. The zero-order valence-electron chi connectivity index (χ0n) is 30.1. The van der Waals surface area contributed by atoms with Crippen molar-refractivity contribution < 1.29 is 0 Å². The highest BCUT2D eigenvalue weighted by molar-refractivity contribution is 6.19. The Morgan fingerprint density at radius 3 is 2.04 bits per heavy atom. The zero-order chi connectivity index (χ0) is 36.0. The predicted octanol–water partition coefficient (Wildman–Crippen LogP) is 11.1. The number of aromatic nitrogens is 2. The molecule has 5 heteroatoms. The summed E-state index contributed by atoms with van der Waals surface area (Å²) >= 11 is 0. The predicted molar refractivity (Wildman–Crippen MR) is 227 cm³/mol. The fraction of sp³-hybridized carbons (Fsp3) is 0.122. The minimum Gasteiger partial charge on any atom is -0.312 e. The fourth-order valence-corrected chi connectivity index (χ4v) is 8.65. The summed E-state index contributed by atoms with van der Waals surface area (Å²) in [6, 6.07) is 47.9. The van der Waals surface area contributed by atoms with Crippen molar-refractivity contribution in [1.82, 2.24) is 14.5 Å². The Kier molecular flexibility index (Phi) is 8.16. The molecule has 0 saturated carbocycles. The Hall–Kier alpha value is -6.27. The third kappa shape index (κ3) is 5.52. The second-order valence-corrected chi connectivity index (χ2v) is 14.4. The summed E-state index contributed by atoms with van der Waals surface area (Å²) in [7, 11) is 0. The van der Waals surface area contributed by atoms with Crippen LogP contribution in [0.4, 0.5) is 0 Å². The number of allylic oxidation sites excluding steroid dienone is 4. The lowest BCUT2D eigenvalue weighted by Gasteiger charge is -2.28. The molecule has 6 aromatic carbocycles. The second kappa shape index (κ2) is 13.6. The van der Waals surface area contributed by atoms with Crippen molar-refractivity contribution in [1.29, 1.82) is 0 Å². The first-order valence-corrected chi connectivity index (χ1v) is 19.0. The van der Waals surface area contributed by atoms with Gasteiger partial charge < -0.3 is 14.9 Å². The Morgan fingerprint density at radius 2 is 1.30 bits per heavy atom. The smallest absolute Gasteiger partial charge is 0.123 e. The fourth-order valence-electron chi connectivity index (χ4n) is 8.65. The maximum absolute atomic E-state index is 7.15. The largest absolute Gasteiger partial charge is 0.312 e. The first-order valence-electron chi connectivity index (χ1n) is 19.0. The Morgan fingerprint density at radius 1 is 0.630 bits per heavy atom. The molecular weight excluding hydrogens is 659 g/mol. The lowest BCUT2D eigenvalue weighted by atomic mass is 9.89. The Labute approximate surface area is 315 Å². The molecule has 0 amide bonds. The Bertz CT molecular complexity index is 2820. The van der Waals surface area contributed by atoms with Gasteiger partial charge in [-0.05, 0) is 90.4 Å². The summed E-state index contributed by atoms with van der Waals surface area (Å²) in [5.41, 5.74) is 20.2. The maximum atomic E-state index is 7.15. The van der Waals surface area contributed by atoms with Crippen LogP contribution in [0.15, 0.2) is 168 Å². The van der Waals surface area contributed by atoms with Crippen molar-refractivity contribution in [3.05, 3.63) is 186 Å². The lowest BCUT2D eigenvalue weighted by Crippen LogP contribution is -2.38. The van der Waals surface area contributed by atoms with Crippen LogP contribution in [0.5, 0.6) is 0 Å². The molecule has 2 atom stereocenters. The van der Waals surface area contributed by atoms with Gasteiger partial charge in [-0.1, -0.05) is 121 Å². The van der Waals surface area contributed by atoms with Gasteiger partial charge in [0.15, 0.2) is 0 Å². The number of hydrogen-bond acceptors (Lipinski definition) is 3. The molecule has 2 aliphatic rings. The van der Waals surface area contributed by atoms with Gasteiger partial charge in [-0.15, -0.1) is 0 Å². The molecule has 0 aliphatic heterocycles. The van der Waals surface area contributed by atoms with Gasteiger partial charge in [-0.2, -0.15) is 0 Å². The standard InChI is InChI=1S/C49H41N5/c50-48(52-49(34-18-6-2-7-19-34)51-32-33-16-4-1-5-17-33)40-28-29-45(37-23-11-10-22-36(37)40)54-44-27-15-13-25-39(44)42-30-41-38-24-12-14-26-43(38)53(46(41)31-47(42)54)35-20-8-3-9-21-35/h1-6,8-9,11-18,20-21,23-32,48-49,52H,7,10,19,22,50H2. The van der Waals surface area contributed by atoms with E-state index in [0.717, 1.165) is 42.5 Å². The average molecular weight is 700 g/mol. The number of aliphatic imine (C=N–C) groups is 1. The van der Waals surface area contributed by atoms with Gasteiger partial charge >= 0.3 is 0 Å². The monoisotopic (exact) mass is 699 g/mol. The van der Waals surface area contributed by atoms with E-state index in [-0.39, 0.29) is 6.17 Å². The van der Waals surface area contributed by atoms with Crippen molar-refractivity contribution in [2.75, 3.05) is 0 Å². The highest BCUT2D eigenvalue weighted by Gasteiger charge is 2.25. The van der Waals surface area contributed by atoms with Crippen molar-refractivity contribution in [3.8, 4) is 11.4 Å². The van der Waals surface area contributed by atoms with Gasteiger partial charge in [0.2, 0.25) is 0 Å². The summed E-state index contributed by atoms with van der Waals surface area (Å²) in [6.45, 7) is 0. The first kappa shape index (κ1) is 32.4. The average Bonchev–Trinajstić information content (AvgIpc) is 3.74. The number of fused-ring (bicyclic) bond motifs is 7. The van der Waals surface area contributed by atoms with Crippen LogP contribution in [0.3, 0.4) is 0 Å². The molecule has 262 valence electrons. The molecular formula is C49H41N5. The van der Waals surface area contributed by atoms with Crippen molar-refractivity contribution >= 4 is 55.9 Å². The summed E-state index contributed by atoms with van der Waals surface area (Å²) in [5, 5.41) is 8.74. The van der Waals surface area contributed by atoms with Crippen LogP contribution in [0.2, 0.25) is 0 Å². The van der Waals surface area contributed by atoms with Crippen LogP contribution in [-0.4, -0.2) is 21.5 Å². The Balaban J connectivity index is 1.13. The molecule has 8 aromatic rings. The van der Waals surface area contributed by atoms with Gasteiger partial charge in [0.1, 0.15) is 6.17 Å². The van der Waals surface area contributed by atoms with Gasteiger partial charge in [0.25, 0.3) is 0 Å². The molecule has 3 N–H and O–H groups in total. The zero-order valence-corrected chi connectivity index (χ0v) is 30.1. The molecule has 5 nitrogen and oxygen atoms in total. The molecule has 0 radical (unpaired) electrons. The van der Waals surface area contributed by atoms with Crippen LogP contribution in [0, 0.1) is 0 Å². The number of nitrogens with two attached hydrogens (primary N) is 1. The summed E-state index contributed by atoms with van der Waals surface area (Å²) in [5.74, 6) is 0. The molecule has 54 heavy (non-hydrogen) atoms. The third-order valence-electron chi connectivity index (χ3n) is 11.2. The molecule has 2 unspecified atom stereocenters. The number of hydrogen-bond donors (Lipinski definition) is 2. The topological polar surface area (TPSA) is 60.3 Å². The van der Waals surface area contributed by atoms with E-state index in [0.29, 0.717) is 0 Å². The highest BCUT2D eigenvalue weighted by Crippen LogP contribution is 2.41. The highest BCUT2D eigenvalue weighted by atomic mass is 15.1. The third-order valence-corrected chi connectivity index (χ3v) is 11.2. The van der Waals surface area contributed by atoms with E-state index in [1.54, 1.807) is 0 Å². The molecule has 0 saturated heterocycles. The molecule has 2 aliphatic carbocycles. The van der Waals surface area contributed by atoms with Crippen LogP contribution in [0.1, 0.15) is 47.7 Å². The number of para-hydroxylation sites is 3. The normalized spacial score (nSPS) is 15.4. The summed E-state index contributed by atoms with van der Waals surface area (Å²) < 4.78 is 4.88. The molecule has 2 aromatic heterocycles. The van der Waals surface area contributed by atoms with Crippen LogP contribution >= 0.6 is 0 Å². The minimum absolute atomic E-state index is 0.226. The number of benzene rings is 6. The van der Waals surface area contributed by atoms with Crippen LogP contribution in [0.25, 0.3) is 61.1 Å². The van der Waals surface area contributed by atoms with Crippen LogP contribution < -0.4 is 11.1 Å². The SMILES string of the molecule is NC(NC(N=Cc1ccccc1)C1=CC=CCC1)c1ccc(-n2c3ccccc3c3cc4c5ccccc5n(-c5ccccc5)c4cc32)c2c1CCC=C2. The van der Waals surface area contributed by atoms with Crippen molar-refractivity contribution in [3.63, 3.8) is 0 Å². The quantitative estimate of drug-likeness (QED) is 0.123. The van der Waals surface area contributed by atoms with E-state index >= 15 is 0 Å². The van der Waals surface area contributed by atoms with Crippen molar-refractivity contribution in [2.45, 2.75) is 38.0 Å². The van der Waals surface area contributed by atoms with E-state index in [1.165, 1.54) is 66.0 Å².